The van der Waals surface area contributed by atoms with Gasteiger partial charge in [-0.15, -0.1) is 0 Å². The van der Waals surface area contributed by atoms with E-state index >= 15 is 0 Å². The first-order chi connectivity index (χ1) is 19.2. The summed E-state index contributed by atoms with van der Waals surface area (Å²) < 4.78 is 9.74. The van der Waals surface area contributed by atoms with Gasteiger partial charge in [0.25, 0.3) is 11.8 Å². The number of carbonyl (C=O) groups excluding carboxylic acids is 6. The van der Waals surface area contributed by atoms with Crippen LogP contribution in [0.5, 0.6) is 0 Å². The fourth-order valence-corrected chi connectivity index (χ4v) is 4.33. The lowest BCUT2D eigenvalue weighted by atomic mass is 10.0. The molecule has 4 rings (SSSR count). The lowest BCUT2D eigenvalue weighted by molar-refractivity contribution is -0.152. The molecule has 11 heteroatoms. The maximum absolute atomic E-state index is 12.8. The van der Waals surface area contributed by atoms with Gasteiger partial charge in [0.15, 0.2) is 0 Å². The highest BCUT2D eigenvalue weighted by Gasteiger charge is 2.39. The van der Waals surface area contributed by atoms with Gasteiger partial charge in [0.05, 0.1) is 5.56 Å². The number of imide groups is 1. The molecular weight excluding hydrogens is 518 g/mol. The molecule has 2 aliphatic rings. The summed E-state index contributed by atoms with van der Waals surface area (Å²) in [5.74, 6) is 2.39. The number of fused-ring (bicyclic) bond motifs is 1. The minimum absolute atomic E-state index is 0.163. The van der Waals surface area contributed by atoms with Gasteiger partial charge in [0.2, 0.25) is 18.6 Å². The van der Waals surface area contributed by atoms with Crippen molar-refractivity contribution >= 4 is 35.6 Å². The molecule has 0 radical (unpaired) electrons. The normalized spacial score (nSPS) is 15.9. The van der Waals surface area contributed by atoms with Gasteiger partial charge >= 0.3 is 11.9 Å². The minimum Gasteiger partial charge on any atom is -0.428 e. The summed E-state index contributed by atoms with van der Waals surface area (Å²) in [6.45, 7) is 1.75. The summed E-state index contributed by atoms with van der Waals surface area (Å²) in [6, 6.07) is 10.7. The lowest BCUT2D eigenvalue weighted by Gasteiger charge is -2.29. The Balaban J connectivity index is 1.30. The molecule has 1 fully saturated rings. The number of rotatable bonds is 8. The summed E-state index contributed by atoms with van der Waals surface area (Å²) in [5.41, 5.74) is 2.57. The van der Waals surface area contributed by atoms with Crippen molar-refractivity contribution in [2.45, 2.75) is 51.7 Å². The Morgan fingerprint density at radius 2 is 1.93 bits per heavy atom. The maximum atomic E-state index is 12.8. The SMILES string of the molecule is CCCC(=O)OCOC(=O)c1cccc(C#CC(=O)NCc2ccc3c(c2)CN(C2CCC(=O)NC2=O)C3=O)c1. The molecule has 40 heavy (non-hydrogen) atoms. The van der Waals surface area contributed by atoms with E-state index in [9.17, 15) is 28.8 Å². The van der Waals surface area contributed by atoms with Crippen LogP contribution in [-0.4, -0.2) is 53.3 Å². The Hall–Kier alpha value is -4.98. The largest absolute Gasteiger partial charge is 0.428 e. The number of benzene rings is 2. The molecule has 0 bridgehead atoms. The van der Waals surface area contributed by atoms with E-state index < -0.39 is 36.6 Å². The Bertz CT molecular complexity index is 1440. The monoisotopic (exact) mass is 545 g/mol. The molecule has 0 aromatic heterocycles. The molecule has 2 heterocycles. The molecule has 2 aliphatic heterocycles. The zero-order chi connectivity index (χ0) is 28.6. The maximum Gasteiger partial charge on any atom is 0.341 e. The van der Waals surface area contributed by atoms with Crippen LogP contribution >= 0.6 is 0 Å². The van der Waals surface area contributed by atoms with Crippen LogP contribution in [0.4, 0.5) is 0 Å². The molecule has 4 amide bonds. The highest BCUT2D eigenvalue weighted by molar-refractivity contribution is 6.05. The first kappa shape index (κ1) is 28.0. The van der Waals surface area contributed by atoms with Crippen LogP contribution in [0.25, 0.3) is 0 Å². The van der Waals surface area contributed by atoms with Crippen LogP contribution in [0, 0.1) is 11.8 Å². The number of nitrogens with zero attached hydrogens (tertiary/aromatic N) is 1. The molecule has 0 spiro atoms. The highest BCUT2D eigenvalue weighted by atomic mass is 16.7. The second-order valence-corrected chi connectivity index (χ2v) is 9.22. The van der Waals surface area contributed by atoms with Gasteiger partial charge in [0, 0.05) is 43.0 Å². The van der Waals surface area contributed by atoms with Crippen LogP contribution in [-0.2, 0) is 41.7 Å². The summed E-state index contributed by atoms with van der Waals surface area (Å²) in [5, 5.41) is 4.97. The number of piperidine rings is 1. The predicted molar refractivity (Wildman–Crippen MR) is 139 cm³/mol. The molecule has 1 unspecified atom stereocenters. The Labute approximate surface area is 230 Å². The fraction of sp³-hybridized carbons (Fsp3) is 0.310. The number of carbonyl (C=O) groups is 6. The Morgan fingerprint density at radius 3 is 2.70 bits per heavy atom. The Kier molecular flexibility index (Phi) is 8.91. The lowest BCUT2D eigenvalue weighted by Crippen LogP contribution is -2.52. The van der Waals surface area contributed by atoms with Crippen LogP contribution in [0.1, 0.15) is 70.0 Å². The third-order valence-corrected chi connectivity index (χ3v) is 6.32. The van der Waals surface area contributed by atoms with Crippen molar-refractivity contribution in [2.24, 2.45) is 0 Å². The predicted octanol–water partition coefficient (Wildman–Crippen LogP) is 1.57. The Morgan fingerprint density at radius 1 is 1.10 bits per heavy atom. The molecule has 0 aliphatic carbocycles. The molecule has 2 N–H and O–H groups in total. The minimum atomic E-state index is -0.695. The molecule has 2 aromatic carbocycles. The first-order valence-corrected chi connectivity index (χ1v) is 12.7. The van der Waals surface area contributed by atoms with Gasteiger partial charge in [-0.2, -0.15) is 0 Å². The molecule has 206 valence electrons. The van der Waals surface area contributed by atoms with Crippen LogP contribution in [0.2, 0.25) is 0 Å². The smallest absolute Gasteiger partial charge is 0.341 e. The van der Waals surface area contributed by atoms with E-state index in [-0.39, 0.29) is 49.7 Å². The summed E-state index contributed by atoms with van der Waals surface area (Å²) in [6.07, 6.45) is 1.32. The number of hydrogen-bond donors (Lipinski definition) is 2. The fourth-order valence-electron chi connectivity index (χ4n) is 4.33. The number of nitrogens with one attached hydrogen (secondary N) is 2. The average molecular weight is 546 g/mol. The van der Waals surface area contributed by atoms with Gasteiger partial charge in [-0.3, -0.25) is 29.3 Å². The van der Waals surface area contributed by atoms with E-state index in [2.05, 4.69) is 22.5 Å². The van der Waals surface area contributed by atoms with E-state index in [0.29, 0.717) is 17.5 Å². The zero-order valence-electron chi connectivity index (χ0n) is 21.8. The van der Waals surface area contributed by atoms with E-state index in [1.54, 1.807) is 30.3 Å². The van der Waals surface area contributed by atoms with E-state index in [4.69, 9.17) is 9.47 Å². The third-order valence-electron chi connectivity index (χ3n) is 6.32. The van der Waals surface area contributed by atoms with Crippen molar-refractivity contribution in [3.8, 4) is 11.8 Å². The molecule has 1 atom stereocenters. The van der Waals surface area contributed by atoms with Gasteiger partial charge < -0.3 is 19.7 Å². The number of ether oxygens (including phenoxy) is 2. The zero-order valence-corrected chi connectivity index (χ0v) is 21.8. The van der Waals surface area contributed by atoms with Crippen molar-refractivity contribution in [2.75, 3.05) is 6.79 Å². The standard InChI is InChI=1S/C29H27N3O8/c1-2-4-26(35)39-17-40-29(38)20-6-3-5-18(13-20)8-11-24(33)30-15-19-7-9-22-21(14-19)16-32(28(22)37)23-10-12-25(34)31-27(23)36/h3,5-7,9,13-14,23H,2,4,10,12,15-17H2,1H3,(H,30,33)(H,31,34,36). The van der Waals surface area contributed by atoms with Crippen molar-refractivity contribution in [1.82, 2.24) is 15.5 Å². The van der Waals surface area contributed by atoms with Gasteiger partial charge in [-0.1, -0.05) is 31.0 Å². The molecular formula is C29H27N3O8. The molecule has 2 aromatic rings. The van der Waals surface area contributed by atoms with E-state index in [0.717, 1.165) is 11.1 Å². The van der Waals surface area contributed by atoms with Crippen molar-refractivity contribution in [3.05, 3.63) is 70.3 Å². The highest BCUT2D eigenvalue weighted by Crippen LogP contribution is 2.28. The second kappa shape index (κ2) is 12.7. The number of amides is 4. The first-order valence-electron chi connectivity index (χ1n) is 12.7. The second-order valence-electron chi connectivity index (χ2n) is 9.22. The molecule has 11 nitrogen and oxygen atoms in total. The summed E-state index contributed by atoms with van der Waals surface area (Å²) in [7, 11) is 0. The molecule has 1 saturated heterocycles. The van der Waals surface area contributed by atoms with Crippen molar-refractivity contribution in [1.29, 1.82) is 0 Å². The van der Waals surface area contributed by atoms with Gasteiger partial charge in [-0.25, -0.2) is 4.79 Å². The van der Waals surface area contributed by atoms with Crippen LogP contribution in [0.15, 0.2) is 42.5 Å². The average Bonchev–Trinajstić information content (AvgIpc) is 3.26. The van der Waals surface area contributed by atoms with E-state index in [1.807, 2.05) is 6.92 Å². The van der Waals surface area contributed by atoms with E-state index in [1.165, 1.54) is 17.0 Å². The van der Waals surface area contributed by atoms with Gasteiger partial charge in [-0.05, 0) is 48.2 Å². The van der Waals surface area contributed by atoms with Crippen molar-refractivity contribution in [3.63, 3.8) is 0 Å². The quantitative estimate of drug-likeness (QED) is 0.220. The topological polar surface area (TPSA) is 148 Å². The summed E-state index contributed by atoms with van der Waals surface area (Å²) in [4.78, 5) is 73.8. The molecule has 0 saturated carbocycles. The third kappa shape index (κ3) is 6.91. The number of hydrogen-bond acceptors (Lipinski definition) is 8. The number of esters is 2. The van der Waals surface area contributed by atoms with Gasteiger partial charge in [0.1, 0.15) is 6.04 Å². The van der Waals surface area contributed by atoms with Crippen LogP contribution < -0.4 is 10.6 Å². The summed E-state index contributed by atoms with van der Waals surface area (Å²) >= 11 is 0. The van der Waals surface area contributed by atoms with Crippen LogP contribution in [0.3, 0.4) is 0 Å². The van der Waals surface area contributed by atoms with Crippen molar-refractivity contribution < 1.29 is 38.2 Å².